The summed E-state index contributed by atoms with van der Waals surface area (Å²) < 4.78 is 5.00. The van der Waals surface area contributed by atoms with Gasteiger partial charge in [0.25, 0.3) is 0 Å². The van der Waals surface area contributed by atoms with Gasteiger partial charge in [0.15, 0.2) is 0 Å². The first-order chi connectivity index (χ1) is 6.22. The molecule has 0 aliphatic heterocycles. The predicted molar refractivity (Wildman–Crippen MR) is 56.5 cm³/mol. The molecule has 0 aromatic carbocycles. The van der Waals surface area contributed by atoms with Crippen LogP contribution >= 0.6 is 0 Å². The van der Waals surface area contributed by atoms with Crippen LogP contribution in [0.3, 0.4) is 0 Å². The molecule has 0 atom stereocenters. The van der Waals surface area contributed by atoms with Crippen molar-refractivity contribution in [3.8, 4) is 0 Å². The highest BCUT2D eigenvalue weighted by molar-refractivity contribution is 5.95. The second-order valence-electron chi connectivity index (χ2n) is 4.10. The fourth-order valence-corrected chi connectivity index (χ4v) is 0.583. The lowest BCUT2D eigenvalue weighted by atomic mass is 10.2. The van der Waals surface area contributed by atoms with Crippen molar-refractivity contribution in [1.82, 2.24) is 5.32 Å². The molecule has 0 unspecified atom stereocenters. The molecule has 0 spiro atoms. The number of alkyl carbamates (subject to hydrolysis) is 1. The number of ether oxygens (including phenoxy) is 1. The minimum absolute atomic E-state index is 0.418. The summed E-state index contributed by atoms with van der Waals surface area (Å²) in [7, 11) is 0. The van der Waals surface area contributed by atoms with E-state index in [-0.39, 0.29) is 0 Å². The van der Waals surface area contributed by atoms with Crippen molar-refractivity contribution < 1.29 is 9.53 Å². The molecule has 0 aliphatic carbocycles. The van der Waals surface area contributed by atoms with Crippen LogP contribution in [0.15, 0.2) is 11.8 Å². The van der Waals surface area contributed by atoms with Crippen LogP contribution in [0.5, 0.6) is 0 Å². The van der Waals surface area contributed by atoms with Gasteiger partial charge in [-0.3, -0.25) is 5.32 Å². The second kappa shape index (κ2) is 4.79. The van der Waals surface area contributed by atoms with E-state index in [9.17, 15) is 4.79 Å². The standard InChI is InChI=1S/C10H18N2O2/c1-7(8(2)11)6-12-9(13)14-10(3,4)5/h6,11H,1-5H3,(H,12,13)/b7-6-,11-8?. The smallest absolute Gasteiger partial charge is 0.411 e. The summed E-state index contributed by atoms with van der Waals surface area (Å²) in [6, 6.07) is 0. The summed E-state index contributed by atoms with van der Waals surface area (Å²) in [4.78, 5) is 11.1. The van der Waals surface area contributed by atoms with Crippen molar-refractivity contribution in [3.63, 3.8) is 0 Å². The Balaban J connectivity index is 4.10. The Hall–Kier alpha value is -1.32. The number of allylic oxidation sites excluding steroid dienone is 1. The lowest BCUT2D eigenvalue weighted by molar-refractivity contribution is 0.0552. The first kappa shape index (κ1) is 12.7. The third kappa shape index (κ3) is 6.22. The monoisotopic (exact) mass is 198 g/mol. The maximum atomic E-state index is 11.1. The number of carbonyl (C=O) groups excluding carboxylic acids is 1. The summed E-state index contributed by atoms with van der Waals surface area (Å²) in [6.45, 7) is 8.79. The van der Waals surface area contributed by atoms with E-state index in [0.29, 0.717) is 11.3 Å². The predicted octanol–water partition coefficient (Wildman–Crippen LogP) is 2.45. The largest absolute Gasteiger partial charge is 0.444 e. The van der Waals surface area contributed by atoms with Crippen LogP contribution in [0, 0.1) is 5.41 Å². The summed E-state index contributed by atoms with van der Waals surface area (Å²) in [5.74, 6) is 0. The molecular formula is C10H18N2O2. The Morgan fingerprint density at radius 3 is 2.21 bits per heavy atom. The molecule has 4 heteroatoms. The van der Waals surface area contributed by atoms with E-state index >= 15 is 0 Å². The van der Waals surface area contributed by atoms with Crippen LogP contribution in [0.1, 0.15) is 34.6 Å². The number of rotatable bonds is 2. The van der Waals surface area contributed by atoms with Crippen molar-refractivity contribution in [2.24, 2.45) is 0 Å². The molecule has 0 rings (SSSR count). The molecule has 0 aromatic rings. The van der Waals surface area contributed by atoms with Crippen LogP contribution in [-0.4, -0.2) is 17.4 Å². The first-order valence-electron chi connectivity index (χ1n) is 4.44. The SMILES string of the molecule is CC(=N)/C(C)=C\NC(=O)OC(C)(C)C. The minimum atomic E-state index is -0.502. The van der Waals surface area contributed by atoms with E-state index < -0.39 is 11.7 Å². The van der Waals surface area contributed by atoms with Crippen molar-refractivity contribution >= 4 is 11.8 Å². The van der Waals surface area contributed by atoms with E-state index in [1.165, 1.54) is 6.20 Å². The van der Waals surface area contributed by atoms with Gasteiger partial charge < -0.3 is 10.1 Å². The number of hydrogen-bond acceptors (Lipinski definition) is 3. The lowest BCUT2D eigenvalue weighted by Crippen LogP contribution is -2.30. The van der Waals surface area contributed by atoms with Gasteiger partial charge in [0, 0.05) is 11.9 Å². The van der Waals surface area contributed by atoms with Gasteiger partial charge in [-0.05, 0) is 40.2 Å². The molecule has 2 N–H and O–H groups in total. The lowest BCUT2D eigenvalue weighted by Gasteiger charge is -2.18. The molecule has 1 amide bonds. The maximum absolute atomic E-state index is 11.1. The molecule has 0 fully saturated rings. The highest BCUT2D eigenvalue weighted by Crippen LogP contribution is 2.06. The Morgan fingerprint density at radius 2 is 1.86 bits per heavy atom. The highest BCUT2D eigenvalue weighted by Gasteiger charge is 2.14. The Labute approximate surface area is 84.8 Å². The molecule has 80 valence electrons. The fraction of sp³-hybridized carbons (Fsp3) is 0.600. The van der Waals surface area contributed by atoms with Crippen LogP contribution in [-0.2, 0) is 4.74 Å². The van der Waals surface area contributed by atoms with Crippen LogP contribution in [0.2, 0.25) is 0 Å². The molecule has 0 radical (unpaired) electrons. The molecular weight excluding hydrogens is 180 g/mol. The van der Waals surface area contributed by atoms with E-state index in [4.69, 9.17) is 10.1 Å². The maximum Gasteiger partial charge on any atom is 0.411 e. The zero-order valence-corrected chi connectivity index (χ0v) is 9.39. The third-order valence-electron chi connectivity index (χ3n) is 1.40. The summed E-state index contributed by atoms with van der Waals surface area (Å²) in [6.07, 6.45) is 0.967. The molecule has 0 aromatic heterocycles. The van der Waals surface area contributed by atoms with Gasteiger partial charge in [-0.15, -0.1) is 0 Å². The first-order valence-corrected chi connectivity index (χ1v) is 4.44. The van der Waals surface area contributed by atoms with Crippen LogP contribution < -0.4 is 5.32 Å². The number of amides is 1. The molecule has 0 saturated carbocycles. The molecule has 14 heavy (non-hydrogen) atoms. The minimum Gasteiger partial charge on any atom is -0.444 e. The van der Waals surface area contributed by atoms with Crippen molar-refractivity contribution in [2.75, 3.05) is 0 Å². The highest BCUT2D eigenvalue weighted by atomic mass is 16.6. The van der Waals surface area contributed by atoms with E-state index in [0.717, 1.165) is 0 Å². The Kier molecular flexibility index (Phi) is 4.34. The zero-order valence-electron chi connectivity index (χ0n) is 9.39. The van der Waals surface area contributed by atoms with Crippen molar-refractivity contribution in [3.05, 3.63) is 11.8 Å². The average Bonchev–Trinajstić information content (AvgIpc) is 1.96. The van der Waals surface area contributed by atoms with Crippen LogP contribution in [0.25, 0.3) is 0 Å². The van der Waals surface area contributed by atoms with Gasteiger partial charge >= 0.3 is 6.09 Å². The van der Waals surface area contributed by atoms with Crippen LogP contribution in [0.4, 0.5) is 4.79 Å². The third-order valence-corrected chi connectivity index (χ3v) is 1.40. The summed E-state index contributed by atoms with van der Waals surface area (Å²) >= 11 is 0. The van der Waals surface area contributed by atoms with Gasteiger partial charge in [0.05, 0.1) is 0 Å². The van der Waals surface area contributed by atoms with Gasteiger partial charge in [0.2, 0.25) is 0 Å². The Morgan fingerprint density at radius 1 is 1.36 bits per heavy atom. The Bertz CT molecular complexity index is 262. The normalized spacial score (nSPS) is 12.2. The van der Waals surface area contributed by atoms with Gasteiger partial charge in [-0.2, -0.15) is 0 Å². The quantitative estimate of drug-likeness (QED) is 0.669. The van der Waals surface area contributed by atoms with Gasteiger partial charge in [-0.25, -0.2) is 4.79 Å². The number of hydrogen-bond donors (Lipinski definition) is 2. The van der Waals surface area contributed by atoms with E-state index in [1.807, 2.05) is 0 Å². The molecule has 0 bridgehead atoms. The number of nitrogens with one attached hydrogen (secondary N) is 2. The van der Waals surface area contributed by atoms with Crippen molar-refractivity contribution in [1.29, 1.82) is 5.41 Å². The topological polar surface area (TPSA) is 62.2 Å². The van der Waals surface area contributed by atoms with Gasteiger partial charge in [-0.1, -0.05) is 0 Å². The van der Waals surface area contributed by atoms with E-state index in [1.54, 1.807) is 34.6 Å². The zero-order chi connectivity index (χ0) is 11.4. The summed E-state index contributed by atoms with van der Waals surface area (Å²) in [5.41, 5.74) is 0.628. The summed E-state index contributed by atoms with van der Waals surface area (Å²) in [5, 5.41) is 9.72. The van der Waals surface area contributed by atoms with Gasteiger partial charge in [0.1, 0.15) is 5.60 Å². The molecule has 4 nitrogen and oxygen atoms in total. The van der Waals surface area contributed by atoms with E-state index in [2.05, 4.69) is 5.32 Å². The molecule has 0 heterocycles. The fourth-order valence-electron chi connectivity index (χ4n) is 0.583. The van der Waals surface area contributed by atoms with Crippen molar-refractivity contribution in [2.45, 2.75) is 40.2 Å². The second-order valence-corrected chi connectivity index (χ2v) is 4.10. The molecule has 0 aliphatic rings. The number of carbonyl (C=O) groups is 1. The molecule has 0 saturated heterocycles. The average molecular weight is 198 g/mol.